The highest BCUT2D eigenvalue weighted by molar-refractivity contribution is 4.74. The zero-order valence-electron chi connectivity index (χ0n) is 8.97. The van der Waals surface area contributed by atoms with Crippen LogP contribution in [-0.4, -0.2) is 23.3 Å². The average molecular weight is 185 g/mol. The molecule has 0 amide bonds. The first-order valence-corrected chi connectivity index (χ1v) is 5.54. The molecule has 0 bridgehead atoms. The summed E-state index contributed by atoms with van der Waals surface area (Å²) in [6.45, 7) is 4.97. The van der Waals surface area contributed by atoms with E-state index in [1.54, 1.807) is 0 Å². The minimum Gasteiger partial charge on any atom is -0.390 e. The quantitative estimate of drug-likeness (QED) is 0.702. The molecule has 13 heavy (non-hydrogen) atoms. The Morgan fingerprint density at radius 1 is 1.38 bits per heavy atom. The molecule has 1 unspecified atom stereocenters. The van der Waals surface area contributed by atoms with E-state index in [0.29, 0.717) is 0 Å². The molecule has 0 aromatic rings. The molecular weight excluding hydrogens is 162 g/mol. The van der Waals surface area contributed by atoms with Crippen molar-refractivity contribution in [3.8, 4) is 0 Å². The largest absolute Gasteiger partial charge is 0.390 e. The number of piperidine rings is 1. The molecule has 1 heterocycles. The predicted octanol–water partition coefficient (Wildman–Crippen LogP) is 2.07. The Morgan fingerprint density at radius 3 is 2.69 bits per heavy atom. The first kappa shape index (κ1) is 11.0. The molecule has 0 aromatic heterocycles. The second kappa shape index (κ2) is 4.97. The number of hydrogen-bond acceptors (Lipinski definition) is 2. The van der Waals surface area contributed by atoms with Gasteiger partial charge in [0, 0.05) is 6.04 Å². The van der Waals surface area contributed by atoms with Crippen LogP contribution in [0.3, 0.4) is 0 Å². The molecule has 1 aliphatic rings. The van der Waals surface area contributed by atoms with Gasteiger partial charge in [-0.25, -0.2) is 0 Å². The minimum absolute atomic E-state index is 0.478. The fraction of sp³-hybridized carbons (Fsp3) is 1.00. The van der Waals surface area contributed by atoms with Gasteiger partial charge in [-0.05, 0) is 52.5 Å². The fourth-order valence-electron chi connectivity index (χ4n) is 1.95. The van der Waals surface area contributed by atoms with Crippen LogP contribution in [0.2, 0.25) is 0 Å². The van der Waals surface area contributed by atoms with Crippen molar-refractivity contribution in [2.24, 2.45) is 0 Å². The van der Waals surface area contributed by atoms with Crippen molar-refractivity contribution in [2.45, 2.75) is 64.0 Å². The Labute approximate surface area is 81.7 Å². The van der Waals surface area contributed by atoms with Crippen molar-refractivity contribution < 1.29 is 5.11 Å². The van der Waals surface area contributed by atoms with E-state index in [4.69, 9.17) is 0 Å². The monoisotopic (exact) mass is 185 g/mol. The van der Waals surface area contributed by atoms with Gasteiger partial charge in [0.2, 0.25) is 0 Å². The molecule has 0 radical (unpaired) electrons. The second-order valence-electron chi connectivity index (χ2n) is 4.85. The summed E-state index contributed by atoms with van der Waals surface area (Å²) in [7, 11) is 0. The third-order valence-corrected chi connectivity index (χ3v) is 2.75. The summed E-state index contributed by atoms with van der Waals surface area (Å²) >= 11 is 0. The molecule has 1 rings (SSSR count). The molecule has 0 aliphatic carbocycles. The molecule has 78 valence electrons. The maximum absolute atomic E-state index is 9.53. The van der Waals surface area contributed by atoms with Gasteiger partial charge < -0.3 is 10.4 Å². The lowest BCUT2D eigenvalue weighted by Crippen LogP contribution is -2.34. The van der Waals surface area contributed by atoms with E-state index in [0.717, 1.165) is 18.9 Å². The van der Waals surface area contributed by atoms with E-state index in [1.807, 2.05) is 13.8 Å². The zero-order chi connectivity index (χ0) is 9.73. The lowest BCUT2D eigenvalue weighted by Gasteiger charge is -2.24. The van der Waals surface area contributed by atoms with Crippen LogP contribution >= 0.6 is 0 Å². The fourth-order valence-corrected chi connectivity index (χ4v) is 1.95. The topological polar surface area (TPSA) is 32.3 Å². The third kappa shape index (κ3) is 5.27. The van der Waals surface area contributed by atoms with Gasteiger partial charge >= 0.3 is 0 Å². The van der Waals surface area contributed by atoms with Gasteiger partial charge in [-0.2, -0.15) is 0 Å². The van der Waals surface area contributed by atoms with E-state index in [1.165, 1.54) is 32.2 Å². The number of rotatable bonds is 4. The number of aliphatic hydroxyl groups is 1. The Bertz CT molecular complexity index is 134. The van der Waals surface area contributed by atoms with Crippen molar-refractivity contribution >= 4 is 0 Å². The van der Waals surface area contributed by atoms with Gasteiger partial charge in [-0.1, -0.05) is 6.42 Å². The molecule has 1 fully saturated rings. The maximum Gasteiger partial charge on any atom is 0.0591 e. The van der Waals surface area contributed by atoms with E-state index in [9.17, 15) is 5.11 Å². The SMILES string of the molecule is CC(C)(O)CCCC1CCCCN1. The Balaban J connectivity index is 2.04. The smallest absolute Gasteiger partial charge is 0.0591 e. The molecule has 2 N–H and O–H groups in total. The van der Waals surface area contributed by atoms with Gasteiger partial charge in [0.15, 0.2) is 0 Å². The summed E-state index contributed by atoms with van der Waals surface area (Å²) in [4.78, 5) is 0. The molecule has 0 spiro atoms. The zero-order valence-corrected chi connectivity index (χ0v) is 8.97. The van der Waals surface area contributed by atoms with Crippen molar-refractivity contribution in [2.75, 3.05) is 6.54 Å². The second-order valence-corrected chi connectivity index (χ2v) is 4.85. The van der Waals surface area contributed by atoms with Gasteiger partial charge in [-0.15, -0.1) is 0 Å². The lowest BCUT2D eigenvalue weighted by atomic mass is 9.95. The number of hydrogen-bond donors (Lipinski definition) is 2. The summed E-state index contributed by atoms with van der Waals surface area (Å²) in [6, 6.07) is 0.719. The van der Waals surface area contributed by atoms with Crippen LogP contribution < -0.4 is 5.32 Å². The van der Waals surface area contributed by atoms with E-state index >= 15 is 0 Å². The van der Waals surface area contributed by atoms with Crippen molar-refractivity contribution in [1.29, 1.82) is 0 Å². The Kier molecular flexibility index (Phi) is 4.20. The molecule has 1 aliphatic heterocycles. The lowest BCUT2D eigenvalue weighted by molar-refractivity contribution is 0.0670. The Morgan fingerprint density at radius 2 is 2.15 bits per heavy atom. The first-order valence-electron chi connectivity index (χ1n) is 5.54. The molecule has 2 nitrogen and oxygen atoms in total. The van der Waals surface area contributed by atoms with Crippen molar-refractivity contribution in [3.63, 3.8) is 0 Å². The van der Waals surface area contributed by atoms with E-state index in [-0.39, 0.29) is 0 Å². The predicted molar refractivity (Wildman–Crippen MR) is 55.8 cm³/mol. The van der Waals surface area contributed by atoms with E-state index < -0.39 is 5.60 Å². The Hall–Kier alpha value is -0.0800. The summed E-state index contributed by atoms with van der Waals surface area (Å²) in [5.41, 5.74) is -0.478. The molecule has 1 atom stereocenters. The summed E-state index contributed by atoms with van der Waals surface area (Å²) in [5.74, 6) is 0. The van der Waals surface area contributed by atoms with Gasteiger partial charge in [-0.3, -0.25) is 0 Å². The minimum atomic E-state index is -0.478. The summed E-state index contributed by atoms with van der Waals surface area (Å²) in [5, 5.41) is 13.1. The van der Waals surface area contributed by atoms with Crippen LogP contribution in [0.5, 0.6) is 0 Å². The summed E-state index contributed by atoms with van der Waals surface area (Å²) < 4.78 is 0. The maximum atomic E-state index is 9.53. The van der Waals surface area contributed by atoms with Gasteiger partial charge in [0.05, 0.1) is 5.60 Å². The molecule has 0 aromatic carbocycles. The van der Waals surface area contributed by atoms with E-state index in [2.05, 4.69) is 5.32 Å². The summed E-state index contributed by atoms with van der Waals surface area (Å²) in [6.07, 6.45) is 7.32. The van der Waals surface area contributed by atoms with Gasteiger partial charge in [0.25, 0.3) is 0 Å². The highest BCUT2D eigenvalue weighted by atomic mass is 16.3. The van der Waals surface area contributed by atoms with Crippen LogP contribution in [-0.2, 0) is 0 Å². The highest BCUT2D eigenvalue weighted by Crippen LogP contribution is 2.17. The van der Waals surface area contributed by atoms with Crippen LogP contribution in [0.1, 0.15) is 52.4 Å². The third-order valence-electron chi connectivity index (χ3n) is 2.75. The first-order chi connectivity index (χ1) is 6.08. The molecule has 2 heteroatoms. The average Bonchev–Trinajstić information content (AvgIpc) is 2.04. The van der Waals surface area contributed by atoms with Crippen molar-refractivity contribution in [1.82, 2.24) is 5.32 Å². The number of nitrogens with one attached hydrogen (secondary N) is 1. The highest BCUT2D eigenvalue weighted by Gasteiger charge is 2.15. The van der Waals surface area contributed by atoms with Gasteiger partial charge in [0.1, 0.15) is 0 Å². The van der Waals surface area contributed by atoms with Crippen molar-refractivity contribution in [3.05, 3.63) is 0 Å². The van der Waals surface area contributed by atoms with Crippen LogP contribution in [0.4, 0.5) is 0 Å². The standard InChI is InChI=1S/C11H23NO/c1-11(2,13)8-5-7-10-6-3-4-9-12-10/h10,12-13H,3-9H2,1-2H3. The molecule has 1 saturated heterocycles. The van der Waals surface area contributed by atoms with Crippen LogP contribution in [0.15, 0.2) is 0 Å². The van der Waals surface area contributed by atoms with Crippen LogP contribution in [0.25, 0.3) is 0 Å². The molecule has 0 saturated carbocycles. The van der Waals surface area contributed by atoms with Crippen LogP contribution in [0, 0.1) is 0 Å². The normalized spacial score (nSPS) is 24.7. The molecular formula is C11H23NO.